The van der Waals surface area contributed by atoms with Crippen molar-refractivity contribution in [1.82, 2.24) is 10.4 Å². The van der Waals surface area contributed by atoms with Crippen LogP contribution in [0, 0.1) is 0 Å². The summed E-state index contributed by atoms with van der Waals surface area (Å²) in [7, 11) is 0. The minimum absolute atomic E-state index is 0.0200. The van der Waals surface area contributed by atoms with Crippen LogP contribution in [0.4, 0.5) is 0 Å². The maximum Gasteiger partial charge on any atom is 0.263 e. The third kappa shape index (κ3) is 7.22. The number of rotatable bonds is 12. The molecule has 0 spiro atoms. The van der Waals surface area contributed by atoms with Crippen LogP contribution < -0.4 is 5.48 Å². The number of carbonyl (C=O) groups is 2. The summed E-state index contributed by atoms with van der Waals surface area (Å²) in [5, 5.41) is 0.0615. The molecule has 1 heterocycles. The monoisotopic (exact) mass is 412 g/mol. The highest BCUT2D eigenvalue weighted by Crippen LogP contribution is 2.31. The molecule has 1 unspecified atom stereocenters. The molecule has 0 bridgehead atoms. The van der Waals surface area contributed by atoms with E-state index in [-0.39, 0.29) is 23.7 Å². The van der Waals surface area contributed by atoms with Crippen LogP contribution in [-0.4, -0.2) is 35.2 Å². The Hall–Kier alpha value is -2.31. The zero-order valence-corrected chi connectivity index (χ0v) is 17.4. The van der Waals surface area contributed by atoms with Crippen molar-refractivity contribution in [3.63, 3.8) is 0 Å². The Bertz CT molecular complexity index is 770. The summed E-state index contributed by atoms with van der Waals surface area (Å²) in [6, 6.07) is 20.6. The fraction of sp³-hybridized carbons (Fsp3) is 0.391. The Morgan fingerprint density at radius 3 is 2.38 bits per heavy atom. The van der Waals surface area contributed by atoms with E-state index >= 15 is 0 Å². The normalized spacial score (nSPS) is 15.8. The van der Waals surface area contributed by atoms with Crippen LogP contribution in [0.5, 0.6) is 0 Å². The molecule has 1 aliphatic heterocycles. The molecule has 6 heteroatoms. The number of hydrogen-bond donors (Lipinski definition) is 1. The van der Waals surface area contributed by atoms with Crippen LogP contribution in [0.2, 0.25) is 0 Å². The summed E-state index contributed by atoms with van der Waals surface area (Å²) in [6.45, 7) is 0.542. The highest BCUT2D eigenvalue weighted by atomic mass is 32.2. The van der Waals surface area contributed by atoms with Gasteiger partial charge in [-0.25, -0.2) is 5.48 Å². The molecule has 2 aromatic rings. The largest absolute Gasteiger partial charge is 0.321 e. The van der Waals surface area contributed by atoms with Gasteiger partial charge in [0.1, 0.15) is 6.54 Å². The molecule has 5 nitrogen and oxygen atoms in total. The van der Waals surface area contributed by atoms with Gasteiger partial charge in [-0.3, -0.25) is 14.4 Å². The molecule has 2 aromatic carbocycles. The summed E-state index contributed by atoms with van der Waals surface area (Å²) in [5.74, 6) is 0.579. The number of benzene rings is 2. The fourth-order valence-corrected chi connectivity index (χ4v) is 4.38. The van der Waals surface area contributed by atoms with Gasteiger partial charge in [0.05, 0.1) is 18.4 Å². The Morgan fingerprint density at radius 1 is 1.00 bits per heavy atom. The van der Waals surface area contributed by atoms with Gasteiger partial charge in [0.15, 0.2) is 0 Å². The second kappa shape index (κ2) is 11.6. The van der Waals surface area contributed by atoms with Gasteiger partial charge in [-0.1, -0.05) is 67.1 Å². The number of thioether (sulfide) groups is 1. The Labute approximate surface area is 176 Å². The van der Waals surface area contributed by atoms with Crippen molar-refractivity contribution in [1.29, 1.82) is 0 Å². The average Bonchev–Trinajstić information content (AvgIpc) is 2.75. The first-order valence-electron chi connectivity index (χ1n) is 10.1. The van der Waals surface area contributed by atoms with Gasteiger partial charge >= 0.3 is 0 Å². The molecular weight excluding hydrogens is 384 g/mol. The van der Waals surface area contributed by atoms with Gasteiger partial charge in [0.25, 0.3) is 5.91 Å². The van der Waals surface area contributed by atoms with Crippen molar-refractivity contribution < 1.29 is 14.4 Å². The summed E-state index contributed by atoms with van der Waals surface area (Å²) < 4.78 is 0. The molecule has 0 aliphatic carbocycles. The van der Waals surface area contributed by atoms with Gasteiger partial charge < -0.3 is 4.90 Å². The lowest BCUT2D eigenvalue weighted by Gasteiger charge is -2.39. The molecular formula is C23H28N2O3S. The van der Waals surface area contributed by atoms with Gasteiger partial charge in [0.2, 0.25) is 5.91 Å². The minimum atomic E-state index is -0.271. The second-order valence-electron chi connectivity index (χ2n) is 7.15. The van der Waals surface area contributed by atoms with Crippen molar-refractivity contribution in [2.75, 3.05) is 13.2 Å². The standard InChI is InChI=1S/C23H28N2O3S/c26-21(24-28-15-9-3-8-12-19-10-4-1-5-11-19)17-25-22(27)16-23(25)29-18-20-13-6-2-7-14-20/h1-2,4-7,10-11,13-14,23H,3,8-9,12,15-18H2,(H,24,26). The Kier molecular flexibility index (Phi) is 8.58. The number of likely N-dealkylation sites (tertiary alicyclic amines) is 1. The van der Waals surface area contributed by atoms with Crippen LogP contribution in [0.1, 0.15) is 36.8 Å². The number of amides is 2. The predicted molar refractivity (Wildman–Crippen MR) is 116 cm³/mol. The number of unbranched alkanes of at least 4 members (excludes halogenated alkanes) is 2. The molecule has 0 saturated carbocycles. The average molecular weight is 413 g/mol. The van der Waals surface area contributed by atoms with Crippen LogP contribution in [0.25, 0.3) is 0 Å². The van der Waals surface area contributed by atoms with E-state index in [1.165, 1.54) is 11.1 Å². The number of aryl methyl sites for hydroxylation is 1. The first kappa shape index (κ1) is 21.4. The van der Waals surface area contributed by atoms with Gasteiger partial charge in [-0.2, -0.15) is 0 Å². The van der Waals surface area contributed by atoms with E-state index in [0.717, 1.165) is 31.4 Å². The summed E-state index contributed by atoms with van der Waals surface area (Å²) in [5.41, 5.74) is 5.03. The van der Waals surface area contributed by atoms with E-state index in [9.17, 15) is 9.59 Å². The molecule has 1 atom stereocenters. The van der Waals surface area contributed by atoms with Crippen molar-refractivity contribution in [2.24, 2.45) is 0 Å². The van der Waals surface area contributed by atoms with E-state index in [4.69, 9.17) is 4.84 Å². The molecule has 1 fully saturated rings. The molecule has 154 valence electrons. The maximum absolute atomic E-state index is 12.0. The highest BCUT2D eigenvalue weighted by Gasteiger charge is 2.37. The van der Waals surface area contributed by atoms with Crippen molar-refractivity contribution in [2.45, 2.75) is 43.2 Å². The number of hydroxylamine groups is 1. The van der Waals surface area contributed by atoms with Crippen molar-refractivity contribution >= 4 is 23.6 Å². The first-order chi connectivity index (χ1) is 14.2. The molecule has 29 heavy (non-hydrogen) atoms. The topological polar surface area (TPSA) is 58.6 Å². The lowest BCUT2D eigenvalue weighted by molar-refractivity contribution is -0.149. The molecule has 0 radical (unpaired) electrons. The summed E-state index contributed by atoms with van der Waals surface area (Å²) in [4.78, 5) is 30.8. The number of nitrogens with one attached hydrogen (secondary N) is 1. The number of β-lactam (4-membered cyclic amide) rings is 1. The third-order valence-corrected chi connectivity index (χ3v) is 6.16. The number of hydrogen-bond acceptors (Lipinski definition) is 4. The van der Waals surface area contributed by atoms with Crippen LogP contribution in [-0.2, 0) is 26.6 Å². The smallest absolute Gasteiger partial charge is 0.263 e. The van der Waals surface area contributed by atoms with E-state index < -0.39 is 0 Å². The van der Waals surface area contributed by atoms with Gasteiger partial charge in [-0.05, 0) is 30.4 Å². The van der Waals surface area contributed by atoms with E-state index in [1.54, 1.807) is 16.7 Å². The zero-order valence-electron chi connectivity index (χ0n) is 16.6. The van der Waals surface area contributed by atoms with E-state index in [0.29, 0.717) is 13.0 Å². The summed E-state index contributed by atoms with van der Waals surface area (Å²) in [6.07, 6.45) is 4.60. The van der Waals surface area contributed by atoms with Gasteiger partial charge in [-0.15, -0.1) is 11.8 Å². The van der Waals surface area contributed by atoms with Crippen molar-refractivity contribution in [3.8, 4) is 0 Å². The Morgan fingerprint density at radius 2 is 1.69 bits per heavy atom. The lowest BCUT2D eigenvalue weighted by atomic mass is 10.1. The molecule has 1 aliphatic rings. The molecule has 2 amide bonds. The fourth-order valence-electron chi connectivity index (χ4n) is 3.17. The van der Waals surface area contributed by atoms with Crippen LogP contribution in [0.15, 0.2) is 60.7 Å². The van der Waals surface area contributed by atoms with E-state index in [2.05, 4.69) is 41.9 Å². The van der Waals surface area contributed by atoms with Crippen LogP contribution >= 0.6 is 11.8 Å². The predicted octanol–water partition coefficient (Wildman–Crippen LogP) is 3.94. The first-order valence-corrected chi connectivity index (χ1v) is 11.2. The molecule has 1 saturated heterocycles. The SMILES string of the molecule is O=C(CN1C(=O)CC1SCc1ccccc1)NOCCCCCc1ccccc1. The third-order valence-electron chi connectivity index (χ3n) is 4.86. The Balaban J connectivity index is 1.24. The highest BCUT2D eigenvalue weighted by molar-refractivity contribution is 7.99. The maximum atomic E-state index is 12.0. The molecule has 1 N–H and O–H groups in total. The van der Waals surface area contributed by atoms with Crippen molar-refractivity contribution in [3.05, 3.63) is 71.8 Å². The number of carbonyl (C=O) groups excluding carboxylic acids is 2. The lowest BCUT2D eigenvalue weighted by Crippen LogP contribution is -2.54. The molecule has 3 rings (SSSR count). The summed E-state index contributed by atoms with van der Waals surface area (Å²) >= 11 is 1.69. The van der Waals surface area contributed by atoms with E-state index in [1.807, 2.05) is 24.3 Å². The molecule has 0 aromatic heterocycles. The quantitative estimate of drug-likeness (QED) is 0.326. The van der Waals surface area contributed by atoms with Gasteiger partial charge in [0, 0.05) is 5.75 Å². The second-order valence-corrected chi connectivity index (χ2v) is 8.31. The zero-order chi connectivity index (χ0) is 20.3. The van der Waals surface area contributed by atoms with Crippen LogP contribution in [0.3, 0.4) is 0 Å². The number of nitrogens with zero attached hydrogens (tertiary/aromatic N) is 1. The minimum Gasteiger partial charge on any atom is -0.321 e.